The van der Waals surface area contributed by atoms with E-state index in [2.05, 4.69) is 5.32 Å². The topological polar surface area (TPSA) is 52.9 Å². The van der Waals surface area contributed by atoms with Crippen molar-refractivity contribution in [1.82, 2.24) is 0 Å². The van der Waals surface area contributed by atoms with Gasteiger partial charge in [-0.25, -0.2) is 0 Å². The van der Waals surface area contributed by atoms with Crippen LogP contribution in [0, 0.1) is 18.3 Å². The van der Waals surface area contributed by atoms with Crippen LogP contribution in [-0.2, 0) is 11.2 Å². The first-order valence-corrected chi connectivity index (χ1v) is 7.70. The Hall–Kier alpha value is -2.57. The molecule has 1 amide bonds. The second-order valence-corrected chi connectivity index (χ2v) is 5.57. The molecule has 2 aromatic rings. The van der Waals surface area contributed by atoms with Gasteiger partial charge in [0.15, 0.2) is 0 Å². The van der Waals surface area contributed by atoms with Crippen LogP contribution in [0.2, 0.25) is 5.02 Å². The summed E-state index contributed by atoms with van der Waals surface area (Å²) in [4.78, 5) is 12.4. The average Bonchev–Trinajstić information content (AvgIpc) is 2.56. The fourth-order valence-electron chi connectivity index (χ4n) is 2.26. The smallest absolute Gasteiger partial charge is 0.266 e. The van der Waals surface area contributed by atoms with Crippen LogP contribution in [0.5, 0.6) is 0 Å². The Morgan fingerprint density at radius 2 is 1.96 bits per heavy atom. The summed E-state index contributed by atoms with van der Waals surface area (Å²) in [6.45, 7) is 3.96. The van der Waals surface area contributed by atoms with E-state index in [9.17, 15) is 10.1 Å². The van der Waals surface area contributed by atoms with Gasteiger partial charge in [0.05, 0.1) is 0 Å². The Labute approximate surface area is 141 Å². The van der Waals surface area contributed by atoms with Crippen LogP contribution in [0.1, 0.15) is 23.6 Å². The maximum absolute atomic E-state index is 12.4. The van der Waals surface area contributed by atoms with Crippen molar-refractivity contribution >= 4 is 29.3 Å². The summed E-state index contributed by atoms with van der Waals surface area (Å²) in [5.74, 6) is -0.411. The summed E-state index contributed by atoms with van der Waals surface area (Å²) in [7, 11) is 0. The molecule has 0 aliphatic rings. The summed E-state index contributed by atoms with van der Waals surface area (Å²) in [6.07, 6.45) is 2.36. The Balaban J connectivity index is 2.28. The van der Waals surface area contributed by atoms with Gasteiger partial charge in [-0.15, -0.1) is 0 Å². The molecule has 0 aromatic heterocycles. The molecule has 0 spiro atoms. The normalized spacial score (nSPS) is 11.0. The fraction of sp³-hybridized carbons (Fsp3) is 0.158. The van der Waals surface area contributed by atoms with Crippen molar-refractivity contribution in [3.05, 3.63) is 69.8 Å². The number of hydrogen-bond acceptors (Lipinski definition) is 2. The Bertz CT molecular complexity index is 786. The lowest BCUT2D eigenvalue weighted by atomic mass is 10.0. The summed E-state index contributed by atoms with van der Waals surface area (Å²) in [5.41, 5.74) is 3.60. The molecule has 4 heteroatoms. The average molecular weight is 325 g/mol. The predicted octanol–water partition coefficient (Wildman–Crippen LogP) is 4.76. The monoisotopic (exact) mass is 324 g/mol. The largest absolute Gasteiger partial charge is 0.321 e. The van der Waals surface area contributed by atoms with E-state index in [1.54, 1.807) is 30.3 Å². The van der Waals surface area contributed by atoms with Crippen molar-refractivity contribution in [2.75, 3.05) is 5.32 Å². The van der Waals surface area contributed by atoms with E-state index >= 15 is 0 Å². The van der Waals surface area contributed by atoms with E-state index in [0.717, 1.165) is 28.8 Å². The minimum atomic E-state index is -0.411. The van der Waals surface area contributed by atoms with Crippen molar-refractivity contribution in [3.8, 4) is 6.07 Å². The summed E-state index contributed by atoms with van der Waals surface area (Å²) in [5, 5.41) is 12.7. The molecule has 116 valence electrons. The number of para-hydroxylation sites is 1. The Morgan fingerprint density at radius 3 is 2.57 bits per heavy atom. The van der Waals surface area contributed by atoms with E-state index in [1.165, 1.54) is 0 Å². The third-order valence-corrected chi connectivity index (χ3v) is 3.78. The standard InChI is InChI=1S/C19H17ClN2O/c1-3-15-6-4-5-13(2)18(15)22-19(23)16(12-21)11-14-7-9-17(20)10-8-14/h4-11H,3H2,1-2H3,(H,22,23)/b16-11+. The van der Waals surface area contributed by atoms with E-state index < -0.39 is 5.91 Å². The third kappa shape index (κ3) is 4.21. The van der Waals surface area contributed by atoms with Crippen LogP contribution in [0.15, 0.2) is 48.0 Å². The highest BCUT2D eigenvalue weighted by Gasteiger charge is 2.13. The number of nitrogens with zero attached hydrogens (tertiary/aromatic N) is 1. The third-order valence-electron chi connectivity index (χ3n) is 3.52. The van der Waals surface area contributed by atoms with Gasteiger partial charge in [-0.3, -0.25) is 4.79 Å². The maximum atomic E-state index is 12.4. The number of carbonyl (C=O) groups excluding carboxylic acids is 1. The predicted molar refractivity (Wildman–Crippen MR) is 94.2 cm³/mol. The number of rotatable bonds is 4. The van der Waals surface area contributed by atoms with Crippen LogP contribution >= 0.6 is 11.6 Å². The highest BCUT2D eigenvalue weighted by Crippen LogP contribution is 2.22. The molecule has 2 aromatic carbocycles. The van der Waals surface area contributed by atoms with Crippen molar-refractivity contribution in [3.63, 3.8) is 0 Å². The van der Waals surface area contributed by atoms with Crippen LogP contribution in [0.4, 0.5) is 5.69 Å². The summed E-state index contributed by atoms with van der Waals surface area (Å²) in [6, 6.07) is 14.8. The lowest BCUT2D eigenvalue weighted by Crippen LogP contribution is -2.15. The van der Waals surface area contributed by atoms with Gasteiger partial charge in [0.25, 0.3) is 5.91 Å². The second-order valence-electron chi connectivity index (χ2n) is 5.14. The molecule has 0 saturated heterocycles. The molecule has 23 heavy (non-hydrogen) atoms. The molecular weight excluding hydrogens is 308 g/mol. The van der Waals surface area contributed by atoms with Crippen molar-refractivity contribution in [1.29, 1.82) is 5.26 Å². The molecule has 0 aliphatic heterocycles. The highest BCUT2D eigenvalue weighted by molar-refractivity contribution is 6.30. The van der Waals surface area contributed by atoms with E-state index in [1.807, 2.05) is 38.1 Å². The van der Waals surface area contributed by atoms with Crippen LogP contribution in [-0.4, -0.2) is 5.91 Å². The number of nitrogens with one attached hydrogen (secondary N) is 1. The number of amides is 1. The van der Waals surface area contributed by atoms with Gasteiger partial charge >= 0.3 is 0 Å². The van der Waals surface area contributed by atoms with Gasteiger partial charge in [-0.1, -0.05) is 48.9 Å². The maximum Gasteiger partial charge on any atom is 0.266 e. The number of carbonyl (C=O) groups is 1. The first-order chi connectivity index (χ1) is 11.0. The quantitative estimate of drug-likeness (QED) is 0.651. The van der Waals surface area contributed by atoms with Crippen LogP contribution < -0.4 is 5.32 Å². The van der Waals surface area contributed by atoms with E-state index in [4.69, 9.17) is 11.6 Å². The molecule has 0 heterocycles. The number of benzene rings is 2. The molecule has 0 unspecified atom stereocenters. The fourth-order valence-corrected chi connectivity index (χ4v) is 2.38. The summed E-state index contributed by atoms with van der Waals surface area (Å²) < 4.78 is 0. The minimum absolute atomic E-state index is 0.0534. The number of aryl methyl sites for hydroxylation is 2. The Morgan fingerprint density at radius 1 is 1.26 bits per heavy atom. The molecule has 0 bridgehead atoms. The zero-order valence-electron chi connectivity index (χ0n) is 13.1. The molecule has 0 atom stereocenters. The Kier molecular flexibility index (Phi) is 5.56. The number of halogens is 1. The molecule has 2 rings (SSSR count). The molecule has 0 radical (unpaired) electrons. The molecular formula is C19H17ClN2O. The first-order valence-electron chi connectivity index (χ1n) is 7.32. The molecule has 0 saturated carbocycles. The van der Waals surface area contributed by atoms with Gasteiger partial charge in [-0.05, 0) is 48.2 Å². The zero-order chi connectivity index (χ0) is 16.8. The number of hydrogen-bond donors (Lipinski definition) is 1. The van der Waals surface area contributed by atoms with Crippen molar-refractivity contribution in [2.45, 2.75) is 20.3 Å². The van der Waals surface area contributed by atoms with Gasteiger partial charge in [0, 0.05) is 10.7 Å². The molecule has 3 nitrogen and oxygen atoms in total. The minimum Gasteiger partial charge on any atom is -0.321 e. The molecule has 1 N–H and O–H groups in total. The van der Waals surface area contributed by atoms with Gasteiger partial charge in [-0.2, -0.15) is 5.26 Å². The number of nitriles is 1. The van der Waals surface area contributed by atoms with Crippen molar-refractivity contribution in [2.24, 2.45) is 0 Å². The highest BCUT2D eigenvalue weighted by atomic mass is 35.5. The lowest BCUT2D eigenvalue weighted by molar-refractivity contribution is -0.112. The zero-order valence-corrected chi connectivity index (χ0v) is 13.8. The summed E-state index contributed by atoms with van der Waals surface area (Å²) >= 11 is 5.84. The first kappa shape index (κ1) is 16.8. The lowest BCUT2D eigenvalue weighted by Gasteiger charge is -2.12. The van der Waals surface area contributed by atoms with Crippen LogP contribution in [0.3, 0.4) is 0 Å². The van der Waals surface area contributed by atoms with Gasteiger partial charge in [0.1, 0.15) is 11.6 Å². The van der Waals surface area contributed by atoms with Gasteiger partial charge in [0.2, 0.25) is 0 Å². The van der Waals surface area contributed by atoms with E-state index in [-0.39, 0.29) is 5.57 Å². The SMILES string of the molecule is CCc1cccc(C)c1NC(=O)/C(C#N)=C/c1ccc(Cl)cc1. The van der Waals surface area contributed by atoms with E-state index in [0.29, 0.717) is 5.02 Å². The second kappa shape index (κ2) is 7.62. The molecule has 0 fully saturated rings. The molecule has 0 aliphatic carbocycles. The number of anilines is 1. The van der Waals surface area contributed by atoms with Gasteiger partial charge < -0.3 is 5.32 Å². The van der Waals surface area contributed by atoms with Crippen molar-refractivity contribution < 1.29 is 4.79 Å². The van der Waals surface area contributed by atoms with Crippen LogP contribution in [0.25, 0.3) is 6.08 Å².